The van der Waals surface area contributed by atoms with Gasteiger partial charge in [0.05, 0.1) is 5.52 Å². The lowest BCUT2D eigenvalue weighted by Crippen LogP contribution is -2.03. The molecule has 0 amide bonds. The molecule has 0 saturated carbocycles. The molecule has 0 unspecified atom stereocenters. The largest absolute Gasteiger partial charge is 0.481 e. The Labute approximate surface area is 111 Å². The number of aliphatic carboxylic acids is 1. The van der Waals surface area contributed by atoms with Crippen molar-refractivity contribution in [2.75, 3.05) is 0 Å². The van der Waals surface area contributed by atoms with Crippen LogP contribution in [0.4, 0.5) is 0 Å². The average molecular weight is 259 g/mol. The lowest BCUT2D eigenvalue weighted by Gasteiger charge is -2.08. The molecule has 0 aliphatic rings. The van der Waals surface area contributed by atoms with Crippen LogP contribution in [0.25, 0.3) is 10.9 Å². The zero-order chi connectivity index (χ0) is 13.8. The number of carboxylic acid groups (broad SMARTS) is 1. The minimum atomic E-state index is -0.762. The summed E-state index contributed by atoms with van der Waals surface area (Å²) in [5.74, 6) is -0.482. The molecule has 0 aliphatic carbocycles. The second-order valence-corrected chi connectivity index (χ2v) is 4.93. The zero-order valence-corrected chi connectivity index (χ0v) is 10.9. The zero-order valence-electron chi connectivity index (χ0n) is 10.9. The van der Waals surface area contributed by atoms with Crippen LogP contribution in [-0.2, 0) is 16.0 Å². The van der Waals surface area contributed by atoms with Crippen molar-refractivity contribution in [2.45, 2.75) is 26.2 Å². The third kappa shape index (κ3) is 3.02. The van der Waals surface area contributed by atoms with Gasteiger partial charge < -0.3 is 5.11 Å². The maximum atomic E-state index is 11.0. The number of carbonyl (C=O) groups is 2. The molecule has 1 aromatic heterocycles. The Morgan fingerprint density at radius 1 is 1.42 bits per heavy atom. The van der Waals surface area contributed by atoms with Gasteiger partial charge in [0.25, 0.3) is 0 Å². The predicted octanol–water partition coefficient (Wildman–Crippen LogP) is 2.72. The van der Waals surface area contributed by atoms with Crippen LogP contribution >= 0.6 is 0 Å². The summed E-state index contributed by atoms with van der Waals surface area (Å²) < 4.78 is 1.58. The Morgan fingerprint density at radius 2 is 2.16 bits per heavy atom. The molecule has 2 aromatic rings. The van der Waals surface area contributed by atoms with Crippen molar-refractivity contribution in [2.24, 2.45) is 5.92 Å². The summed E-state index contributed by atoms with van der Waals surface area (Å²) >= 11 is 0. The van der Waals surface area contributed by atoms with Crippen LogP contribution in [-0.4, -0.2) is 22.1 Å². The van der Waals surface area contributed by atoms with E-state index in [1.54, 1.807) is 4.57 Å². The Kier molecular flexibility index (Phi) is 4.00. The number of hydrogen-bond donors (Lipinski definition) is 1. The molecule has 0 fully saturated rings. The number of hydrogen-bond acceptors (Lipinski definition) is 2. The summed E-state index contributed by atoms with van der Waals surface area (Å²) in [6, 6.07) is 7.76. The van der Waals surface area contributed by atoms with Gasteiger partial charge in [-0.15, -0.1) is 0 Å². The van der Waals surface area contributed by atoms with E-state index in [4.69, 9.17) is 5.11 Å². The van der Waals surface area contributed by atoms with Gasteiger partial charge >= 0.3 is 5.97 Å². The van der Waals surface area contributed by atoms with Crippen molar-refractivity contribution in [1.82, 2.24) is 4.57 Å². The second kappa shape index (κ2) is 5.69. The van der Waals surface area contributed by atoms with E-state index >= 15 is 0 Å². The van der Waals surface area contributed by atoms with E-state index in [1.165, 1.54) is 0 Å². The molecule has 0 spiro atoms. The SMILES string of the molecule is C[C@H](CCC(=O)O)Cc1cn(C=O)c2ccccc12. The molecule has 4 nitrogen and oxygen atoms in total. The van der Waals surface area contributed by atoms with E-state index in [1.807, 2.05) is 37.4 Å². The van der Waals surface area contributed by atoms with Gasteiger partial charge in [-0.2, -0.15) is 0 Å². The molecule has 0 aliphatic heterocycles. The van der Waals surface area contributed by atoms with Crippen molar-refractivity contribution < 1.29 is 14.7 Å². The quantitative estimate of drug-likeness (QED) is 0.811. The highest BCUT2D eigenvalue weighted by Crippen LogP contribution is 2.24. The summed E-state index contributed by atoms with van der Waals surface area (Å²) in [7, 11) is 0. The third-order valence-corrected chi connectivity index (χ3v) is 3.36. The molecule has 2 rings (SSSR count). The summed E-state index contributed by atoms with van der Waals surface area (Å²) in [6.45, 7) is 2.04. The molecule has 1 heterocycles. The van der Waals surface area contributed by atoms with Crippen LogP contribution in [0, 0.1) is 5.92 Å². The molecule has 0 bridgehead atoms. The van der Waals surface area contributed by atoms with Crippen LogP contribution in [0.3, 0.4) is 0 Å². The Hall–Kier alpha value is -2.10. The van der Waals surface area contributed by atoms with Gasteiger partial charge in [0.1, 0.15) is 0 Å². The maximum absolute atomic E-state index is 11.0. The fourth-order valence-electron chi connectivity index (χ4n) is 2.37. The smallest absolute Gasteiger partial charge is 0.303 e. The first-order valence-corrected chi connectivity index (χ1v) is 6.37. The number of nitrogens with zero attached hydrogens (tertiary/aromatic N) is 1. The lowest BCUT2D eigenvalue weighted by molar-refractivity contribution is -0.137. The molecular formula is C15H17NO3. The van der Waals surface area contributed by atoms with Crippen LogP contribution in [0.15, 0.2) is 30.5 Å². The monoisotopic (exact) mass is 259 g/mol. The van der Waals surface area contributed by atoms with E-state index in [-0.39, 0.29) is 12.3 Å². The van der Waals surface area contributed by atoms with E-state index in [0.717, 1.165) is 29.3 Å². The number of carbonyl (C=O) groups excluding carboxylic acids is 1. The first-order chi connectivity index (χ1) is 9.11. The van der Waals surface area contributed by atoms with Gasteiger partial charge in [-0.1, -0.05) is 25.1 Å². The van der Waals surface area contributed by atoms with Crippen LogP contribution in [0.2, 0.25) is 0 Å². The Balaban J connectivity index is 2.20. The van der Waals surface area contributed by atoms with Gasteiger partial charge in [-0.05, 0) is 30.4 Å². The topological polar surface area (TPSA) is 59.3 Å². The van der Waals surface area contributed by atoms with Gasteiger partial charge in [-0.3, -0.25) is 14.2 Å². The number of para-hydroxylation sites is 1. The highest BCUT2D eigenvalue weighted by atomic mass is 16.4. The van der Waals surface area contributed by atoms with Gasteiger partial charge in [-0.25, -0.2) is 0 Å². The Bertz CT molecular complexity index is 600. The summed E-state index contributed by atoms with van der Waals surface area (Å²) in [5.41, 5.74) is 2.00. The summed E-state index contributed by atoms with van der Waals surface area (Å²) in [4.78, 5) is 21.6. The molecule has 0 radical (unpaired) electrons. The fourth-order valence-corrected chi connectivity index (χ4v) is 2.37. The summed E-state index contributed by atoms with van der Waals surface area (Å²) in [6.07, 6.45) is 4.26. The molecule has 0 saturated heterocycles. The van der Waals surface area contributed by atoms with E-state index in [0.29, 0.717) is 6.42 Å². The normalized spacial score (nSPS) is 12.5. The van der Waals surface area contributed by atoms with Crippen molar-refractivity contribution >= 4 is 23.3 Å². The highest BCUT2D eigenvalue weighted by Gasteiger charge is 2.12. The van der Waals surface area contributed by atoms with Crippen LogP contribution in [0.5, 0.6) is 0 Å². The first-order valence-electron chi connectivity index (χ1n) is 6.37. The highest BCUT2D eigenvalue weighted by molar-refractivity contribution is 5.88. The molecule has 1 atom stereocenters. The first kappa shape index (κ1) is 13.3. The minimum Gasteiger partial charge on any atom is -0.481 e. The van der Waals surface area contributed by atoms with Gasteiger partial charge in [0.2, 0.25) is 6.41 Å². The molecule has 4 heteroatoms. The number of carboxylic acids is 1. The van der Waals surface area contributed by atoms with Gasteiger partial charge in [0, 0.05) is 18.0 Å². The third-order valence-electron chi connectivity index (χ3n) is 3.36. The molecule has 1 aromatic carbocycles. The van der Waals surface area contributed by atoms with E-state index in [2.05, 4.69) is 0 Å². The number of rotatable bonds is 6. The lowest BCUT2D eigenvalue weighted by atomic mass is 9.96. The number of benzene rings is 1. The van der Waals surface area contributed by atoms with Gasteiger partial charge in [0.15, 0.2) is 0 Å². The average Bonchev–Trinajstić information content (AvgIpc) is 2.75. The van der Waals surface area contributed by atoms with Crippen LogP contribution < -0.4 is 0 Å². The van der Waals surface area contributed by atoms with E-state index in [9.17, 15) is 9.59 Å². The van der Waals surface area contributed by atoms with Crippen LogP contribution in [0.1, 0.15) is 25.3 Å². The molecular weight excluding hydrogens is 242 g/mol. The standard InChI is InChI=1S/C15H17NO3/c1-11(6-7-15(18)19)8-12-9-16(10-17)14-5-3-2-4-13(12)14/h2-5,9-11H,6-8H2,1H3,(H,18,19)/t11-/m1/s1. The number of fused-ring (bicyclic) bond motifs is 1. The predicted molar refractivity (Wildman–Crippen MR) is 73.8 cm³/mol. The Morgan fingerprint density at radius 3 is 2.84 bits per heavy atom. The van der Waals surface area contributed by atoms with E-state index < -0.39 is 5.97 Å². The molecule has 19 heavy (non-hydrogen) atoms. The second-order valence-electron chi connectivity index (χ2n) is 4.93. The molecule has 1 N–H and O–H groups in total. The van der Waals surface area contributed by atoms with Crippen molar-refractivity contribution in [3.05, 3.63) is 36.0 Å². The summed E-state index contributed by atoms with van der Waals surface area (Å²) in [5, 5.41) is 9.76. The molecule has 100 valence electrons. The number of aromatic nitrogens is 1. The van der Waals surface area contributed by atoms with Crippen molar-refractivity contribution in [3.63, 3.8) is 0 Å². The maximum Gasteiger partial charge on any atom is 0.303 e. The fraction of sp³-hybridized carbons (Fsp3) is 0.333. The van der Waals surface area contributed by atoms with Crippen molar-refractivity contribution in [3.8, 4) is 0 Å². The minimum absolute atomic E-state index is 0.188. The van der Waals surface area contributed by atoms with Crippen molar-refractivity contribution in [1.29, 1.82) is 0 Å².